The SMILES string of the molecule is Cc1nccnc1C(=O)NC1CCC1c1ccc(Cl)cc1Cl. The lowest BCUT2D eigenvalue weighted by atomic mass is 9.75. The third-order valence-electron chi connectivity index (χ3n) is 4.05. The van der Waals surface area contributed by atoms with Crippen LogP contribution < -0.4 is 5.32 Å². The van der Waals surface area contributed by atoms with Gasteiger partial charge in [0, 0.05) is 34.4 Å². The van der Waals surface area contributed by atoms with Gasteiger partial charge in [0.1, 0.15) is 5.69 Å². The number of halogens is 2. The maximum atomic E-state index is 12.3. The largest absolute Gasteiger partial charge is 0.347 e. The van der Waals surface area contributed by atoms with Gasteiger partial charge in [0.2, 0.25) is 0 Å². The van der Waals surface area contributed by atoms with Crippen LogP contribution in [0.4, 0.5) is 0 Å². The molecule has 0 bridgehead atoms. The van der Waals surface area contributed by atoms with Gasteiger partial charge >= 0.3 is 0 Å². The Balaban J connectivity index is 1.74. The number of carbonyl (C=O) groups excluding carboxylic acids is 1. The molecule has 4 nitrogen and oxygen atoms in total. The molecule has 1 saturated carbocycles. The molecule has 2 unspecified atom stereocenters. The van der Waals surface area contributed by atoms with Crippen molar-refractivity contribution < 1.29 is 4.79 Å². The van der Waals surface area contributed by atoms with Gasteiger partial charge in [0.15, 0.2) is 0 Å². The van der Waals surface area contributed by atoms with E-state index in [1.54, 1.807) is 19.2 Å². The quantitative estimate of drug-likeness (QED) is 0.928. The number of nitrogens with one attached hydrogen (secondary N) is 1. The van der Waals surface area contributed by atoms with E-state index in [2.05, 4.69) is 15.3 Å². The van der Waals surface area contributed by atoms with Crippen molar-refractivity contribution >= 4 is 29.1 Å². The third-order valence-corrected chi connectivity index (χ3v) is 4.61. The van der Waals surface area contributed by atoms with Crippen LogP contribution in [0.2, 0.25) is 10.0 Å². The second-order valence-electron chi connectivity index (χ2n) is 5.42. The van der Waals surface area contributed by atoms with E-state index in [0.29, 0.717) is 21.4 Å². The van der Waals surface area contributed by atoms with Gasteiger partial charge in [-0.05, 0) is 37.5 Å². The molecule has 0 aliphatic heterocycles. The maximum absolute atomic E-state index is 12.3. The Hall–Kier alpha value is -1.65. The summed E-state index contributed by atoms with van der Waals surface area (Å²) in [5, 5.41) is 4.29. The van der Waals surface area contributed by atoms with Crippen LogP contribution in [0.3, 0.4) is 0 Å². The minimum Gasteiger partial charge on any atom is -0.347 e. The molecular formula is C16H15Cl2N3O. The summed E-state index contributed by atoms with van der Waals surface area (Å²) in [4.78, 5) is 20.5. The van der Waals surface area contributed by atoms with E-state index in [-0.39, 0.29) is 17.9 Å². The predicted molar refractivity (Wildman–Crippen MR) is 86.5 cm³/mol. The molecule has 0 saturated heterocycles. The molecule has 6 heteroatoms. The van der Waals surface area contributed by atoms with Crippen molar-refractivity contribution in [3.63, 3.8) is 0 Å². The van der Waals surface area contributed by atoms with Gasteiger partial charge in [-0.3, -0.25) is 9.78 Å². The van der Waals surface area contributed by atoms with E-state index in [4.69, 9.17) is 23.2 Å². The second-order valence-corrected chi connectivity index (χ2v) is 6.26. The monoisotopic (exact) mass is 335 g/mol. The molecule has 3 rings (SSSR count). The standard InChI is InChI=1S/C16H15Cl2N3O/c1-9-15(20-7-6-19-9)16(22)21-14-5-4-12(14)11-3-2-10(17)8-13(11)18/h2-3,6-8,12,14H,4-5H2,1H3,(H,21,22). The van der Waals surface area contributed by atoms with E-state index in [1.165, 1.54) is 6.20 Å². The Morgan fingerprint density at radius 2 is 2.00 bits per heavy atom. The zero-order valence-corrected chi connectivity index (χ0v) is 13.5. The van der Waals surface area contributed by atoms with Crippen LogP contribution in [0.25, 0.3) is 0 Å². The van der Waals surface area contributed by atoms with Crippen molar-refractivity contribution in [2.45, 2.75) is 31.7 Å². The molecule has 22 heavy (non-hydrogen) atoms. The Morgan fingerprint density at radius 3 is 2.64 bits per heavy atom. The van der Waals surface area contributed by atoms with Crippen molar-refractivity contribution in [3.05, 3.63) is 57.6 Å². The zero-order chi connectivity index (χ0) is 15.7. The first-order chi connectivity index (χ1) is 10.6. The number of rotatable bonds is 3. The van der Waals surface area contributed by atoms with E-state index >= 15 is 0 Å². The van der Waals surface area contributed by atoms with Gasteiger partial charge in [0.05, 0.1) is 5.69 Å². The topological polar surface area (TPSA) is 54.9 Å². The van der Waals surface area contributed by atoms with Crippen LogP contribution in [0.5, 0.6) is 0 Å². The highest BCUT2D eigenvalue weighted by atomic mass is 35.5. The number of carbonyl (C=O) groups is 1. The molecule has 2 aromatic rings. The van der Waals surface area contributed by atoms with E-state index in [0.717, 1.165) is 18.4 Å². The fourth-order valence-corrected chi connectivity index (χ4v) is 3.26. The molecule has 114 valence electrons. The van der Waals surface area contributed by atoms with Crippen LogP contribution in [-0.4, -0.2) is 21.9 Å². The summed E-state index contributed by atoms with van der Waals surface area (Å²) in [5.74, 6) is 0.0241. The number of amides is 1. The summed E-state index contributed by atoms with van der Waals surface area (Å²) >= 11 is 12.2. The Morgan fingerprint density at radius 1 is 1.23 bits per heavy atom. The van der Waals surface area contributed by atoms with Crippen LogP contribution >= 0.6 is 23.2 Å². The number of nitrogens with zero attached hydrogens (tertiary/aromatic N) is 2. The predicted octanol–water partition coefficient (Wildman–Crippen LogP) is 3.77. The normalized spacial score (nSPS) is 20.3. The first kappa shape index (κ1) is 15.3. The minimum absolute atomic E-state index is 0.0626. The second kappa shape index (κ2) is 6.23. The molecule has 2 atom stereocenters. The van der Waals surface area contributed by atoms with Crippen LogP contribution in [-0.2, 0) is 0 Å². The number of aryl methyl sites for hydroxylation is 1. The van der Waals surface area contributed by atoms with Gasteiger partial charge in [-0.1, -0.05) is 29.3 Å². The van der Waals surface area contributed by atoms with E-state index in [9.17, 15) is 4.79 Å². The first-order valence-electron chi connectivity index (χ1n) is 7.09. The molecular weight excluding hydrogens is 321 g/mol. The fourth-order valence-electron chi connectivity index (χ4n) is 2.71. The number of hydrogen-bond donors (Lipinski definition) is 1. The average Bonchev–Trinajstić information content (AvgIpc) is 2.46. The summed E-state index contributed by atoms with van der Waals surface area (Å²) in [5.41, 5.74) is 2.02. The average molecular weight is 336 g/mol. The summed E-state index contributed by atoms with van der Waals surface area (Å²) in [6.07, 6.45) is 5.02. The fraction of sp³-hybridized carbons (Fsp3) is 0.312. The number of hydrogen-bond acceptors (Lipinski definition) is 3. The Bertz CT molecular complexity index is 720. The van der Waals surface area contributed by atoms with Gasteiger partial charge in [-0.25, -0.2) is 4.98 Å². The van der Waals surface area contributed by atoms with Crippen molar-refractivity contribution in [2.75, 3.05) is 0 Å². The van der Waals surface area contributed by atoms with E-state index in [1.807, 2.05) is 12.1 Å². The van der Waals surface area contributed by atoms with Crippen molar-refractivity contribution in [2.24, 2.45) is 0 Å². The van der Waals surface area contributed by atoms with Gasteiger partial charge < -0.3 is 5.32 Å². The number of benzene rings is 1. The zero-order valence-electron chi connectivity index (χ0n) is 12.0. The smallest absolute Gasteiger partial charge is 0.271 e. The molecule has 0 radical (unpaired) electrons. The molecule has 1 aliphatic carbocycles. The lowest BCUT2D eigenvalue weighted by molar-refractivity contribution is 0.0898. The molecule has 1 aromatic heterocycles. The third kappa shape index (κ3) is 2.94. The highest BCUT2D eigenvalue weighted by Gasteiger charge is 2.35. The lowest BCUT2D eigenvalue weighted by Gasteiger charge is -2.38. The molecule has 1 amide bonds. The molecule has 1 aliphatic rings. The van der Waals surface area contributed by atoms with Crippen LogP contribution in [0.1, 0.15) is 40.5 Å². The van der Waals surface area contributed by atoms with Crippen molar-refractivity contribution in [3.8, 4) is 0 Å². The Kier molecular flexibility index (Phi) is 4.32. The molecule has 0 spiro atoms. The van der Waals surface area contributed by atoms with Crippen LogP contribution in [0, 0.1) is 6.92 Å². The molecule has 1 N–H and O–H groups in total. The summed E-state index contributed by atoms with van der Waals surface area (Å²) in [6.45, 7) is 1.77. The number of aromatic nitrogens is 2. The van der Waals surface area contributed by atoms with Gasteiger partial charge in [-0.15, -0.1) is 0 Å². The maximum Gasteiger partial charge on any atom is 0.271 e. The first-order valence-corrected chi connectivity index (χ1v) is 7.85. The summed E-state index contributed by atoms with van der Waals surface area (Å²) in [7, 11) is 0. The van der Waals surface area contributed by atoms with Crippen molar-refractivity contribution in [1.82, 2.24) is 15.3 Å². The van der Waals surface area contributed by atoms with Gasteiger partial charge in [-0.2, -0.15) is 0 Å². The molecule has 1 heterocycles. The highest BCUT2D eigenvalue weighted by molar-refractivity contribution is 6.35. The van der Waals surface area contributed by atoms with E-state index < -0.39 is 0 Å². The molecule has 1 aromatic carbocycles. The molecule has 1 fully saturated rings. The summed E-state index contributed by atoms with van der Waals surface area (Å²) < 4.78 is 0. The van der Waals surface area contributed by atoms with Gasteiger partial charge in [0.25, 0.3) is 5.91 Å². The Labute approximate surface area is 138 Å². The minimum atomic E-state index is -0.189. The lowest BCUT2D eigenvalue weighted by Crippen LogP contribution is -2.45. The van der Waals surface area contributed by atoms with Crippen LogP contribution in [0.15, 0.2) is 30.6 Å². The highest BCUT2D eigenvalue weighted by Crippen LogP contribution is 2.40. The van der Waals surface area contributed by atoms with Crippen molar-refractivity contribution in [1.29, 1.82) is 0 Å². The summed E-state index contributed by atoms with van der Waals surface area (Å²) in [6, 6.07) is 5.56.